The molecule has 1 heterocycles. The van der Waals surface area contributed by atoms with Crippen LogP contribution in [0.2, 0.25) is 0 Å². The summed E-state index contributed by atoms with van der Waals surface area (Å²) in [6.45, 7) is 3.82. The van der Waals surface area contributed by atoms with Crippen LogP contribution in [0.3, 0.4) is 0 Å². The number of hydrogen-bond acceptors (Lipinski definition) is 5. The van der Waals surface area contributed by atoms with Gasteiger partial charge in [-0.1, -0.05) is 109 Å². The lowest BCUT2D eigenvalue weighted by molar-refractivity contribution is -0.257. The fraction of sp³-hybridized carbons (Fsp3) is 0.294. The predicted octanol–water partition coefficient (Wildman–Crippen LogP) is 6.88. The molecule has 0 aliphatic carbocycles. The molecule has 4 atom stereocenters. The quantitative estimate of drug-likeness (QED) is 0.202. The van der Waals surface area contributed by atoms with Gasteiger partial charge in [0, 0.05) is 6.42 Å². The van der Waals surface area contributed by atoms with Crippen LogP contribution in [0.1, 0.15) is 28.7 Å². The Kier molecular flexibility index (Phi) is 9.77. The highest BCUT2D eigenvalue weighted by atomic mass is 16.7. The zero-order chi connectivity index (χ0) is 26.7. The molecule has 4 aromatic carbocycles. The van der Waals surface area contributed by atoms with Crippen molar-refractivity contribution in [3.63, 3.8) is 0 Å². The smallest absolute Gasteiger partial charge is 0.202 e. The van der Waals surface area contributed by atoms with E-state index in [1.165, 1.54) is 0 Å². The molecule has 0 saturated carbocycles. The van der Waals surface area contributed by atoms with Crippen molar-refractivity contribution in [1.82, 2.24) is 0 Å². The standard InChI is InChI=1S/C34H36O5/c1-26-13-11-12-20-30(26)38-33-21-31(36-23-28-16-7-3-8-17-28)34(37-24-29-18-9-4-10-19-29)32(39-33)25-35-22-27-14-5-2-6-15-27/h2-20,31-34H,21-25H2,1H3/t31-,32?,33+,34-/m1/s1. The molecule has 5 rings (SSSR count). The maximum atomic E-state index is 6.52. The van der Waals surface area contributed by atoms with Gasteiger partial charge in [0.15, 0.2) is 0 Å². The van der Waals surface area contributed by atoms with E-state index < -0.39 is 6.29 Å². The van der Waals surface area contributed by atoms with Crippen LogP contribution in [0.25, 0.3) is 0 Å². The molecule has 0 bridgehead atoms. The van der Waals surface area contributed by atoms with Gasteiger partial charge in [0.1, 0.15) is 18.0 Å². The zero-order valence-electron chi connectivity index (χ0n) is 22.4. The molecule has 0 N–H and O–H groups in total. The van der Waals surface area contributed by atoms with E-state index in [1.54, 1.807) is 0 Å². The number of ether oxygens (including phenoxy) is 5. The van der Waals surface area contributed by atoms with Crippen molar-refractivity contribution >= 4 is 0 Å². The average Bonchev–Trinajstić information content (AvgIpc) is 2.98. The first-order chi connectivity index (χ1) is 19.2. The summed E-state index contributed by atoms with van der Waals surface area (Å²) in [5, 5.41) is 0. The molecule has 1 saturated heterocycles. The van der Waals surface area contributed by atoms with E-state index in [4.69, 9.17) is 23.7 Å². The van der Waals surface area contributed by atoms with Gasteiger partial charge in [-0.15, -0.1) is 0 Å². The SMILES string of the molecule is Cc1ccccc1O[C@@H]1C[C@@H](OCc2ccccc2)[C@@H](OCc2ccccc2)C(COCc2ccccc2)O1. The third kappa shape index (κ3) is 8.01. The third-order valence-electron chi connectivity index (χ3n) is 6.82. The molecule has 1 aliphatic rings. The Balaban J connectivity index is 1.34. The molecule has 1 fully saturated rings. The highest BCUT2D eigenvalue weighted by molar-refractivity contribution is 5.31. The van der Waals surface area contributed by atoms with Gasteiger partial charge < -0.3 is 23.7 Å². The first kappa shape index (κ1) is 27.1. The second-order valence-electron chi connectivity index (χ2n) is 9.82. The molecule has 5 nitrogen and oxygen atoms in total. The Bertz CT molecular complexity index is 1250. The Morgan fingerprint density at radius 2 is 1.18 bits per heavy atom. The van der Waals surface area contributed by atoms with Gasteiger partial charge in [-0.3, -0.25) is 0 Å². The second-order valence-corrected chi connectivity index (χ2v) is 9.82. The van der Waals surface area contributed by atoms with E-state index >= 15 is 0 Å². The monoisotopic (exact) mass is 524 g/mol. The van der Waals surface area contributed by atoms with E-state index in [0.717, 1.165) is 28.0 Å². The predicted molar refractivity (Wildman–Crippen MR) is 151 cm³/mol. The fourth-order valence-electron chi connectivity index (χ4n) is 4.72. The third-order valence-corrected chi connectivity index (χ3v) is 6.82. The van der Waals surface area contributed by atoms with Crippen LogP contribution in [0.4, 0.5) is 0 Å². The average molecular weight is 525 g/mol. The lowest BCUT2D eigenvalue weighted by Gasteiger charge is -2.41. The van der Waals surface area contributed by atoms with Gasteiger partial charge in [0.2, 0.25) is 6.29 Å². The van der Waals surface area contributed by atoms with Gasteiger partial charge >= 0.3 is 0 Å². The molecular weight excluding hydrogens is 488 g/mol. The summed E-state index contributed by atoms with van der Waals surface area (Å²) < 4.78 is 32.1. The van der Waals surface area contributed by atoms with Crippen molar-refractivity contribution in [2.45, 2.75) is 57.8 Å². The Hall–Kier alpha value is -3.48. The molecule has 0 radical (unpaired) electrons. The second kappa shape index (κ2) is 14.1. The molecule has 0 amide bonds. The molecule has 4 aromatic rings. The van der Waals surface area contributed by atoms with E-state index in [0.29, 0.717) is 32.8 Å². The number of rotatable bonds is 12. The molecule has 0 aromatic heterocycles. The summed E-state index contributed by atoms with van der Waals surface area (Å²) in [5.41, 5.74) is 4.38. The van der Waals surface area contributed by atoms with Crippen LogP contribution in [0, 0.1) is 6.92 Å². The van der Waals surface area contributed by atoms with E-state index in [2.05, 4.69) is 36.4 Å². The van der Waals surface area contributed by atoms with Crippen molar-refractivity contribution in [2.75, 3.05) is 6.61 Å². The van der Waals surface area contributed by atoms with E-state index in [-0.39, 0.29) is 18.3 Å². The highest BCUT2D eigenvalue weighted by Gasteiger charge is 2.41. The highest BCUT2D eigenvalue weighted by Crippen LogP contribution is 2.30. The normalized spacial score (nSPS) is 20.9. The summed E-state index contributed by atoms with van der Waals surface area (Å²) in [5.74, 6) is 0.803. The summed E-state index contributed by atoms with van der Waals surface area (Å²) in [6.07, 6.45) is -0.909. The van der Waals surface area contributed by atoms with Gasteiger partial charge in [-0.05, 0) is 35.2 Å². The van der Waals surface area contributed by atoms with Crippen LogP contribution in [0.15, 0.2) is 115 Å². The lowest BCUT2D eigenvalue weighted by Crippen LogP contribution is -2.53. The Morgan fingerprint density at radius 3 is 1.79 bits per heavy atom. The number of benzene rings is 4. The number of para-hydroxylation sites is 1. The molecule has 202 valence electrons. The minimum Gasteiger partial charge on any atom is -0.465 e. The van der Waals surface area contributed by atoms with Crippen molar-refractivity contribution in [3.05, 3.63) is 138 Å². The van der Waals surface area contributed by atoms with Crippen LogP contribution < -0.4 is 4.74 Å². The molecule has 5 heteroatoms. The molecule has 1 unspecified atom stereocenters. The topological polar surface area (TPSA) is 46.2 Å². The molecule has 39 heavy (non-hydrogen) atoms. The first-order valence-corrected chi connectivity index (χ1v) is 13.5. The summed E-state index contributed by atoms with van der Waals surface area (Å²) >= 11 is 0. The largest absolute Gasteiger partial charge is 0.465 e. The summed E-state index contributed by atoms with van der Waals surface area (Å²) in [7, 11) is 0. The molecule has 0 spiro atoms. The van der Waals surface area contributed by atoms with E-state index in [9.17, 15) is 0 Å². The zero-order valence-corrected chi connectivity index (χ0v) is 22.4. The van der Waals surface area contributed by atoms with Crippen molar-refractivity contribution in [1.29, 1.82) is 0 Å². The maximum Gasteiger partial charge on any atom is 0.202 e. The van der Waals surface area contributed by atoms with Crippen LogP contribution in [-0.2, 0) is 38.8 Å². The van der Waals surface area contributed by atoms with Crippen LogP contribution in [-0.4, -0.2) is 31.2 Å². The van der Waals surface area contributed by atoms with Gasteiger partial charge in [0.25, 0.3) is 0 Å². The van der Waals surface area contributed by atoms with Gasteiger partial charge in [-0.25, -0.2) is 0 Å². The maximum absolute atomic E-state index is 6.52. The summed E-state index contributed by atoms with van der Waals surface area (Å²) in [4.78, 5) is 0. The van der Waals surface area contributed by atoms with Crippen molar-refractivity contribution in [3.8, 4) is 5.75 Å². The minimum atomic E-state index is -0.492. The van der Waals surface area contributed by atoms with Crippen molar-refractivity contribution in [2.24, 2.45) is 0 Å². The Labute approximate surface area is 231 Å². The van der Waals surface area contributed by atoms with Crippen molar-refractivity contribution < 1.29 is 23.7 Å². The van der Waals surface area contributed by atoms with Crippen LogP contribution in [0.5, 0.6) is 5.75 Å². The first-order valence-electron chi connectivity index (χ1n) is 13.5. The molecular formula is C34H36O5. The van der Waals surface area contributed by atoms with Gasteiger partial charge in [-0.2, -0.15) is 0 Å². The molecule has 1 aliphatic heterocycles. The number of hydrogen-bond donors (Lipinski definition) is 0. The number of aryl methyl sites for hydroxylation is 1. The fourth-order valence-corrected chi connectivity index (χ4v) is 4.72. The van der Waals surface area contributed by atoms with Crippen LogP contribution >= 0.6 is 0 Å². The minimum absolute atomic E-state index is 0.248. The lowest BCUT2D eigenvalue weighted by atomic mass is 10.0. The summed E-state index contributed by atoms with van der Waals surface area (Å²) in [6, 6.07) is 38.5. The van der Waals surface area contributed by atoms with Gasteiger partial charge in [0.05, 0.1) is 32.5 Å². The Morgan fingerprint density at radius 1 is 0.641 bits per heavy atom. The van der Waals surface area contributed by atoms with E-state index in [1.807, 2.05) is 85.8 Å².